The second kappa shape index (κ2) is 8.12. The summed E-state index contributed by atoms with van der Waals surface area (Å²) in [5.41, 5.74) is 1.47. The minimum atomic E-state index is -0.986. The molecule has 3 N–H and O–H groups in total. The van der Waals surface area contributed by atoms with Crippen LogP contribution in [0.25, 0.3) is 6.08 Å². The van der Waals surface area contributed by atoms with Crippen molar-refractivity contribution >= 4 is 23.6 Å². The zero-order valence-corrected chi connectivity index (χ0v) is 11.7. The van der Waals surface area contributed by atoms with Crippen LogP contribution in [0.3, 0.4) is 0 Å². The van der Waals surface area contributed by atoms with Gasteiger partial charge in [-0.25, -0.2) is 4.79 Å². The van der Waals surface area contributed by atoms with E-state index in [2.05, 4.69) is 10.6 Å². The van der Waals surface area contributed by atoms with Gasteiger partial charge in [0.25, 0.3) is 0 Å². The maximum atomic E-state index is 11.9. The second-order valence-corrected chi connectivity index (χ2v) is 4.49. The van der Waals surface area contributed by atoms with Gasteiger partial charge in [-0.05, 0) is 30.3 Å². The minimum Gasteiger partial charge on any atom is -0.478 e. The van der Waals surface area contributed by atoms with Gasteiger partial charge in [-0.3, -0.25) is 4.79 Å². The molecule has 1 aromatic carbocycles. The van der Waals surface area contributed by atoms with Crippen LogP contribution in [0.1, 0.15) is 19.4 Å². The maximum absolute atomic E-state index is 11.9. The highest BCUT2D eigenvalue weighted by atomic mass is 16.4. The molecule has 5 heteroatoms. The highest BCUT2D eigenvalue weighted by Crippen LogP contribution is 2.12. The second-order valence-electron chi connectivity index (χ2n) is 4.49. The van der Waals surface area contributed by atoms with Gasteiger partial charge in [0, 0.05) is 24.2 Å². The maximum Gasteiger partial charge on any atom is 0.328 e. The van der Waals surface area contributed by atoms with Crippen molar-refractivity contribution in [2.75, 3.05) is 18.4 Å². The fourth-order valence-electron chi connectivity index (χ4n) is 1.56. The molecule has 1 aromatic rings. The van der Waals surface area contributed by atoms with E-state index in [1.807, 2.05) is 13.8 Å². The van der Waals surface area contributed by atoms with Crippen LogP contribution in [0, 0.1) is 5.92 Å². The van der Waals surface area contributed by atoms with Crippen molar-refractivity contribution in [2.45, 2.75) is 13.8 Å². The minimum absolute atomic E-state index is 0.0419. The Labute approximate surface area is 118 Å². The summed E-state index contributed by atoms with van der Waals surface area (Å²) in [6.45, 7) is 5.33. The van der Waals surface area contributed by atoms with Crippen LogP contribution in [-0.4, -0.2) is 30.1 Å². The third-order valence-electron chi connectivity index (χ3n) is 2.74. The molecule has 1 amide bonds. The number of rotatable bonds is 7. The topological polar surface area (TPSA) is 78.4 Å². The first-order chi connectivity index (χ1) is 9.52. The molecule has 0 heterocycles. The van der Waals surface area contributed by atoms with Crippen molar-refractivity contribution in [1.29, 1.82) is 0 Å². The average molecular weight is 276 g/mol. The molecule has 1 unspecified atom stereocenters. The zero-order chi connectivity index (χ0) is 15.0. The Hall–Kier alpha value is -2.14. The molecule has 0 aliphatic heterocycles. The molecule has 0 bridgehead atoms. The third-order valence-corrected chi connectivity index (χ3v) is 2.74. The largest absolute Gasteiger partial charge is 0.478 e. The molecule has 0 saturated heterocycles. The highest BCUT2D eigenvalue weighted by Gasteiger charge is 2.11. The Morgan fingerprint density at radius 1 is 1.30 bits per heavy atom. The fourth-order valence-corrected chi connectivity index (χ4v) is 1.56. The smallest absolute Gasteiger partial charge is 0.328 e. The number of carbonyl (C=O) groups is 2. The van der Waals surface area contributed by atoms with Crippen molar-refractivity contribution in [1.82, 2.24) is 5.32 Å². The molecular formula is C15H20N2O3. The highest BCUT2D eigenvalue weighted by molar-refractivity contribution is 5.92. The van der Waals surface area contributed by atoms with E-state index in [1.54, 1.807) is 24.3 Å². The Morgan fingerprint density at radius 2 is 1.95 bits per heavy atom. The van der Waals surface area contributed by atoms with Crippen LogP contribution in [0.2, 0.25) is 0 Å². The molecule has 0 aliphatic rings. The van der Waals surface area contributed by atoms with Gasteiger partial charge in [0.2, 0.25) is 5.91 Å². The first-order valence-electron chi connectivity index (χ1n) is 6.55. The molecule has 0 saturated carbocycles. The zero-order valence-electron chi connectivity index (χ0n) is 11.7. The first-order valence-corrected chi connectivity index (χ1v) is 6.55. The first kappa shape index (κ1) is 15.9. The van der Waals surface area contributed by atoms with E-state index in [0.717, 1.165) is 18.2 Å². The molecule has 0 radical (unpaired) electrons. The lowest BCUT2D eigenvalue weighted by Gasteiger charge is -2.12. The Balaban J connectivity index is 2.56. The predicted molar refractivity (Wildman–Crippen MR) is 79.4 cm³/mol. The van der Waals surface area contributed by atoms with E-state index in [9.17, 15) is 9.59 Å². The lowest BCUT2D eigenvalue weighted by Crippen LogP contribution is -2.30. The lowest BCUT2D eigenvalue weighted by atomic mass is 10.1. The van der Waals surface area contributed by atoms with Gasteiger partial charge < -0.3 is 15.7 Å². The van der Waals surface area contributed by atoms with Crippen LogP contribution < -0.4 is 10.6 Å². The van der Waals surface area contributed by atoms with Gasteiger partial charge >= 0.3 is 5.97 Å². The molecule has 108 valence electrons. The van der Waals surface area contributed by atoms with Crippen LogP contribution >= 0.6 is 0 Å². The molecular weight excluding hydrogens is 256 g/mol. The third kappa shape index (κ3) is 5.67. The number of nitrogens with one attached hydrogen (secondary N) is 2. The molecule has 5 nitrogen and oxygen atoms in total. The van der Waals surface area contributed by atoms with Crippen LogP contribution in [0.5, 0.6) is 0 Å². The standard InChI is InChI=1S/C15H20N2O3/c1-3-16-10-11(2)15(20)17-13-7-4-12(5-8-13)6-9-14(18)19/h4-9,11,16H,3,10H2,1-2H3,(H,17,20)(H,18,19)/b9-6+. The summed E-state index contributed by atoms with van der Waals surface area (Å²) in [5.74, 6) is -1.14. The summed E-state index contributed by atoms with van der Waals surface area (Å²) in [4.78, 5) is 22.3. The normalized spacial score (nSPS) is 12.3. The summed E-state index contributed by atoms with van der Waals surface area (Å²) < 4.78 is 0. The molecule has 0 aliphatic carbocycles. The van der Waals surface area contributed by atoms with E-state index in [-0.39, 0.29) is 11.8 Å². The average Bonchev–Trinajstić information content (AvgIpc) is 2.43. The number of amides is 1. The van der Waals surface area contributed by atoms with Crippen molar-refractivity contribution in [2.24, 2.45) is 5.92 Å². The summed E-state index contributed by atoms with van der Waals surface area (Å²) in [7, 11) is 0. The van der Waals surface area contributed by atoms with E-state index >= 15 is 0 Å². The molecule has 1 rings (SSSR count). The van der Waals surface area contributed by atoms with Gasteiger partial charge in [-0.1, -0.05) is 26.0 Å². The van der Waals surface area contributed by atoms with Crippen LogP contribution in [0.4, 0.5) is 5.69 Å². The van der Waals surface area contributed by atoms with E-state index < -0.39 is 5.97 Å². The number of aliphatic carboxylic acids is 1. The van der Waals surface area contributed by atoms with E-state index in [0.29, 0.717) is 12.2 Å². The lowest BCUT2D eigenvalue weighted by molar-refractivity contribution is -0.131. The summed E-state index contributed by atoms with van der Waals surface area (Å²) in [6.07, 6.45) is 2.58. The molecule has 0 spiro atoms. The summed E-state index contributed by atoms with van der Waals surface area (Å²) in [6, 6.07) is 7.01. The van der Waals surface area contributed by atoms with E-state index in [4.69, 9.17) is 5.11 Å². The number of carbonyl (C=O) groups excluding carboxylic acids is 1. The predicted octanol–water partition coefficient (Wildman–Crippen LogP) is 1.97. The van der Waals surface area contributed by atoms with Gasteiger partial charge in [0.15, 0.2) is 0 Å². The number of carboxylic acid groups (broad SMARTS) is 1. The van der Waals surface area contributed by atoms with E-state index in [1.165, 1.54) is 6.08 Å². The van der Waals surface area contributed by atoms with Crippen molar-refractivity contribution < 1.29 is 14.7 Å². The quantitative estimate of drug-likeness (QED) is 0.665. The van der Waals surface area contributed by atoms with Crippen molar-refractivity contribution in [3.8, 4) is 0 Å². The molecule has 1 atom stereocenters. The Morgan fingerprint density at radius 3 is 2.50 bits per heavy atom. The Bertz CT molecular complexity index is 480. The van der Waals surface area contributed by atoms with Gasteiger partial charge in [0.1, 0.15) is 0 Å². The van der Waals surface area contributed by atoms with Crippen molar-refractivity contribution in [3.63, 3.8) is 0 Å². The molecule has 0 aromatic heterocycles. The monoisotopic (exact) mass is 276 g/mol. The number of benzene rings is 1. The van der Waals surface area contributed by atoms with Crippen LogP contribution in [0.15, 0.2) is 30.3 Å². The van der Waals surface area contributed by atoms with Gasteiger partial charge in [0.05, 0.1) is 0 Å². The number of anilines is 1. The Kier molecular flexibility index (Phi) is 6.46. The molecule has 20 heavy (non-hydrogen) atoms. The van der Waals surface area contributed by atoms with Crippen LogP contribution in [-0.2, 0) is 9.59 Å². The number of hydrogen-bond donors (Lipinski definition) is 3. The molecule has 0 fully saturated rings. The summed E-state index contributed by atoms with van der Waals surface area (Å²) in [5, 5.41) is 14.5. The van der Waals surface area contributed by atoms with Crippen molar-refractivity contribution in [3.05, 3.63) is 35.9 Å². The number of hydrogen-bond acceptors (Lipinski definition) is 3. The van der Waals surface area contributed by atoms with Gasteiger partial charge in [-0.2, -0.15) is 0 Å². The number of carboxylic acids is 1. The fraction of sp³-hybridized carbons (Fsp3) is 0.333. The van der Waals surface area contributed by atoms with Gasteiger partial charge in [-0.15, -0.1) is 0 Å². The summed E-state index contributed by atoms with van der Waals surface area (Å²) >= 11 is 0. The SMILES string of the molecule is CCNCC(C)C(=O)Nc1ccc(/C=C/C(=O)O)cc1.